The Hall–Kier alpha value is -0.160. The van der Waals surface area contributed by atoms with Crippen molar-refractivity contribution < 1.29 is 0 Å². The van der Waals surface area contributed by atoms with Gasteiger partial charge in [0, 0.05) is 26.2 Å². The van der Waals surface area contributed by atoms with E-state index in [0.29, 0.717) is 0 Å². The quantitative estimate of drug-likeness (QED) is 0.457. The zero-order valence-corrected chi connectivity index (χ0v) is 7.85. The Morgan fingerprint density at radius 2 is 2.33 bits per heavy atom. The average Bonchev–Trinajstić information content (AvgIpc) is 2.14. The van der Waals surface area contributed by atoms with Gasteiger partial charge < -0.3 is 21.3 Å². The minimum Gasteiger partial charge on any atom is -0.321 e. The molecule has 4 heteroatoms. The van der Waals surface area contributed by atoms with Crippen LogP contribution in [-0.4, -0.2) is 56.3 Å². The molecule has 2 aliphatic rings. The molecule has 0 aromatic carbocycles. The molecular formula is C8H18N4. The molecule has 0 amide bonds. The van der Waals surface area contributed by atoms with Crippen molar-refractivity contribution >= 4 is 0 Å². The second-order valence-corrected chi connectivity index (χ2v) is 4.29. The van der Waals surface area contributed by atoms with Crippen molar-refractivity contribution in [2.24, 2.45) is 5.73 Å². The second kappa shape index (κ2) is 2.42. The number of hydrogen-bond donors (Lipinski definition) is 3. The molecule has 2 atom stereocenters. The number of nitrogens with one attached hydrogen (secondary N) is 2. The predicted molar refractivity (Wildman–Crippen MR) is 49.1 cm³/mol. The molecule has 0 aliphatic carbocycles. The first kappa shape index (κ1) is 8.44. The van der Waals surface area contributed by atoms with Crippen molar-refractivity contribution in [3.05, 3.63) is 0 Å². The van der Waals surface area contributed by atoms with Crippen molar-refractivity contribution in [1.29, 1.82) is 0 Å². The van der Waals surface area contributed by atoms with Gasteiger partial charge in [-0.1, -0.05) is 0 Å². The maximum atomic E-state index is 6.28. The van der Waals surface area contributed by atoms with Crippen LogP contribution >= 0.6 is 0 Å². The van der Waals surface area contributed by atoms with Crippen molar-refractivity contribution in [2.45, 2.75) is 11.1 Å². The van der Waals surface area contributed by atoms with Crippen LogP contribution < -0.4 is 16.4 Å². The van der Waals surface area contributed by atoms with Gasteiger partial charge in [-0.2, -0.15) is 0 Å². The van der Waals surface area contributed by atoms with E-state index in [2.05, 4.69) is 22.6 Å². The van der Waals surface area contributed by atoms with E-state index < -0.39 is 0 Å². The predicted octanol–water partition coefficient (Wildman–Crippen LogP) is -1.81. The molecule has 4 N–H and O–H groups in total. The number of hydrogen-bond acceptors (Lipinski definition) is 4. The molecule has 4 nitrogen and oxygen atoms in total. The third-order valence-electron chi connectivity index (χ3n) is 3.27. The smallest absolute Gasteiger partial charge is 0.0642 e. The van der Waals surface area contributed by atoms with Gasteiger partial charge in [0.15, 0.2) is 0 Å². The zero-order valence-electron chi connectivity index (χ0n) is 7.85. The van der Waals surface area contributed by atoms with Crippen molar-refractivity contribution in [3.8, 4) is 0 Å². The van der Waals surface area contributed by atoms with Crippen molar-refractivity contribution in [1.82, 2.24) is 15.5 Å². The molecular weight excluding hydrogens is 152 g/mol. The molecule has 0 saturated carbocycles. The van der Waals surface area contributed by atoms with Crippen molar-refractivity contribution in [3.63, 3.8) is 0 Å². The van der Waals surface area contributed by atoms with Crippen LogP contribution in [0.2, 0.25) is 0 Å². The first-order valence-electron chi connectivity index (χ1n) is 4.49. The van der Waals surface area contributed by atoms with Gasteiger partial charge in [-0.25, -0.2) is 0 Å². The maximum absolute atomic E-state index is 6.28. The number of rotatable bonds is 2. The molecule has 2 heterocycles. The highest BCUT2D eigenvalue weighted by Crippen LogP contribution is 2.35. The number of likely N-dealkylation sites (N-methyl/N-ethyl adjacent to an activating group) is 2. The summed E-state index contributed by atoms with van der Waals surface area (Å²) < 4.78 is 0. The van der Waals surface area contributed by atoms with Crippen LogP contribution in [-0.2, 0) is 0 Å². The van der Waals surface area contributed by atoms with Gasteiger partial charge in [0.05, 0.1) is 11.1 Å². The monoisotopic (exact) mass is 170 g/mol. The average molecular weight is 170 g/mol. The standard InChI is InChI=1S/C8H18N4/c1-10-4-8-6-12(2)5-7(8,9)3-11-8/h10-11H,3-6,9H2,1-2H3. The fourth-order valence-electron chi connectivity index (χ4n) is 2.58. The lowest BCUT2D eigenvalue weighted by Gasteiger charge is -2.53. The first-order chi connectivity index (χ1) is 5.62. The van der Waals surface area contributed by atoms with Gasteiger partial charge in [0.25, 0.3) is 0 Å². The molecule has 0 aromatic heterocycles. The van der Waals surface area contributed by atoms with Gasteiger partial charge in [0.1, 0.15) is 0 Å². The van der Waals surface area contributed by atoms with Gasteiger partial charge >= 0.3 is 0 Å². The molecule has 70 valence electrons. The third-order valence-corrected chi connectivity index (χ3v) is 3.27. The summed E-state index contributed by atoms with van der Waals surface area (Å²) in [6.07, 6.45) is 0. The molecule has 0 bridgehead atoms. The van der Waals surface area contributed by atoms with Crippen LogP contribution in [0.4, 0.5) is 0 Å². The molecule has 0 aromatic rings. The lowest BCUT2D eigenvalue weighted by atomic mass is 9.72. The Kier molecular flexibility index (Phi) is 1.70. The summed E-state index contributed by atoms with van der Waals surface area (Å²) in [5.74, 6) is 0. The molecule has 2 saturated heterocycles. The van der Waals surface area contributed by atoms with Gasteiger partial charge in [-0.3, -0.25) is 0 Å². The number of likely N-dealkylation sites (tertiary alicyclic amines) is 1. The second-order valence-electron chi connectivity index (χ2n) is 4.29. The number of fused-ring (bicyclic) bond motifs is 1. The highest BCUT2D eigenvalue weighted by molar-refractivity contribution is 5.25. The van der Waals surface area contributed by atoms with E-state index in [1.165, 1.54) is 0 Å². The molecule has 2 unspecified atom stereocenters. The van der Waals surface area contributed by atoms with E-state index >= 15 is 0 Å². The highest BCUT2D eigenvalue weighted by atomic mass is 15.3. The number of nitrogens with two attached hydrogens (primary N) is 1. The Morgan fingerprint density at radius 3 is 2.75 bits per heavy atom. The Morgan fingerprint density at radius 1 is 1.58 bits per heavy atom. The molecule has 2 rings (SSSR count). The highest BCUT2D eigenvalue weighted by Gasteiger charge is 2.60. The molecule has 12 heavy (non-hydrogen) atoms. The molecule has 2 aliphatic heterocycles. The topological polar surface area (TPSA) is 53.3 Å². The van der Waals surface area contributed by atoms with E-state index in [4.69, 9.17) is 5.73 Å². The minimum atomic E-state index is 0.00472. The summed E-state index contributed by atoms with van der Waals surface area (Å²) in [6.45, 7) is 4.00. The lowest BCUT2D eigenvalue weighted by Crippen LogP contribution is -2.84. The van der Waals surface area contributed by atoms with E-state index in [0.717, 1.165) is 26.2 Å². The fourth-order valence-corrected chi connectivity index (χ4v) is 2.58. The van der Waals surface area contributed by atoms with Crippen molar-refractivity contribution in [2.75, 3.05) is 40.3 Å². The van der Waals surface area contributed by atoms with E-state index in [1.54, 1.807) is 0 Å². The van der Waals surface area contributed by atoms with E-state index in [1.807, 2.05) is 7.05 Å². The molecule has 0 spiro atoms. The summed E-state index contributed by atoms with van der Waals surface area (Å²) in [5.41, 5.74) is 6.42. The normalized spacial score (nSPS) is 47.2. The minimum absolute atomic E-state index is 0.00472. The van der Waals surface area contributed by atoms with E-state index in [-0.39, 0.29) is 11.1 Å². The molecule has 2 fully saturated rings. The summed E-state index contributed by atoms with van der Waals surface area (Å²) in [7, 11) is 4.11. The van der Waals surface area contributed by atoms with Crippen LogP contribution in [0.1, 0.15) is 0 Å². The van der Waals surface area contributed by atoms with Gasteiger partial charge in [-0.15, -0.1) is 0 Å². The summed E-state index contributed by atoms with van der Waals surface area (Å²) in [6, 6.07) is 0. The maximum Gasteiger partial charge on any atom is 0.0642 e. The fraction of sp³-hybridized carbons (Fsp3) is 1.00. The largest absolute Gasteiger partial charge is 0.321 e. The van der Waals surface area contributed by atoms with Crippen LogP contribution in [0.25, 0.3) is 0 Å². The van der Waals surface area contributed by atoms with Crippen LogP contribution in [0, 0.1) is 0 Å². The Balaban J connectivity index is 2.14. The molecule has 0 radical (unpaired) electrons. The Bertz CT molecular complexity index is 195. The summed E-state index contributed by atoms with van der Waals surface area (Å²) in [4.78, 5) is 2.30. The van der Waals surface area contributed by atoms with E-state index in [9.17, 15) is 0 Å². The Labute approximate surface area is 73.5 Å². The van der Waals surface area contributed by atoms with Crippen LogP contribution in [0.5, 0.6) is 0 Å². The summed E-state index contributed by atoms with van der Waals surface area (Å²) in [5, 5.41) is 6.67. The van der Waals surface area contributed by atoms with Crippen LogP contribution in [0.3, 0.4) is 0 Å². The zero-order chi connectivity index (χ0) is 8.82. The van der Waals surface area contributed by atoms with Gasteiger partial charge in [-0.05, 0) is 14.1 Å². The number of nitrogens with zero attached hydrogens (tertiary/aromatic N) is 1. The summed E-state index contributed by atoms with van der Waals surface area (Å²) >= 11 is 0. The van der Waals surface area contributed by atoms with Crippen LogP contribution in [0.15, 0.2) is 0 Å². The first-order valence-corrected chi connectivity index (χ1v) is 4.49. The SMILES string of the molecule is CNCC12CN(C)CC1(N)CN2. The third kappa shape index (κ3) is 0.864. The van der Waals surface area contributed by atoms with Gasteiger partial charge in [0.2, 0.25) is 0 Å². The lowest BCUT2D eigenvalue weighted by molar-refractivity contribution is 0.117.